The lowest BCUT2D eigenvalue weighted by atomic mass is 10.2. The van der Waals surface area contributed by atoms with Gasteiger partial charge in [-0.25, -0.2) is 13.9 Å². The predicted octanol–water partition coefficient (Wildman–Crippen LogP) is 3.61. The third-order valence-electron chi connectivity index (χ3n) is 3.61. The van der Waals surface area contributed by atoms with Crippen molar-refractivity contribution in [3.05, 3.63) is 60.3 Å². The molecule has 0 atom stereocenters. The Hall–Kier alpha value is -3.00. The molecule has 0 saturated heterocycles. The van der Waals surface area contributed by atoms with Crippen molar-refractivity contribution in [2.75, 3.05) is 12.4 Å². The first-order valence-electron chi connectivity index (χ1n) is 7.55. The highest BCUT2D eigenvalue weighted by Gasteiger charge is 2.10. The van der Waals surface area contributed by atoms with Crippen molar-refractivity contribution in [2.24, 2.45) is 0 Å². The molecule has 0 fully saturated rings. The Morgan fingerprint density at radius 3 is 3.00 bits per heavy atom. The van der Waals surface area contributed by atoms with Gasteiger partial charge in [-0.3, -0.25) is 4.98 Å². The number of rotatable bonds is 5. The number of imidazole rings is 1. The van der Waals surface area contributed by atoms with Gasteiger partial charge in [0.25, 0.3) is 0 Å². The van der Waals surface area contributed by atoms with Gasteiger partial charge >= 0.3 is 0 Å². The molecule has 0 aliphatic carbocycles. The monoisotopic (exact) mass is 355 g/mol. The predicted molar refractivity (Wildman–Crippen MR) is 94.4 cm³/mol. The molecule has 8 heteroatoms. The number of aromatic nitrogens is 4. The highest BCUT2D eigenvalue weighted by Crippen LogP contribution is 2.24. The lowest BCUT2D eigenvalue weighted by Crippen LogP contribution is -2.00. The fourth-order valence-corrected chi connectivity index (χ4v) is 3.22. The minimum Gasteiger partial charge on any atom is -0.497 e. The Morgan fingerprint density at radius 1 is 1.32 bits per heavy atom. The highest BCUT2D eigenvalue weighted by molar-refractivity contribution is 7.20. The number of fused-ring (bicyclic) bond motifs is 1. The molecule has 0 spiro atoms. The number of anilines is 1. The van der Waals surface area contributed by atoms with Gasteiger partial charge in [0, 0.05) is 30.6 Å². The van der Waals surface area contributed by atoms with Crippen LogP contribution in [0.1, 0.15) is 5.56 Å². The topological polar surface area (TPSA) is 64.3 Å². The molecule has 4 aromatic rings. The van der Waals surface area contributed by atoms with Crippen LogP contribution in [0.5, 0.6) is 5.75 Å². The Balaban J connectivity index is 1.51. The van der Waals surface area contributed by atoms with Gasteiger partial charge in [-0.05, 0) is 29.8 Å². The molecule has 1 aromatic carbocycles. The van der Waals surface area contributed by atoms with Crippen molar-refractivity contribution in [3.63, 3.8) is 0 Å². The zero-order valence-electron chi connectivity index (χ0n) is 13.3. The number of ether oxygens (including phenoxy) is 1. The highest BCUT2D eigenvalue weighted by atomic mass is 32.1. The molecule has 25 heavy (non-hydrogen) atoms. The molecule has 0 aliphatic rings. The minimum absolute atomic E-state index is 0.328. The van der Waals surface area contributed by atoms with Gasteiger partial charge in [-0.15, -0.1) is 5.10 Å². The smallest absolute Gasteiger partial charge is 0.214 e. The van der Waals surface area contributed by atoms with Gasteiger partial charge < -0.3 is 10.1 Å². The average Bonchev–Trinajstić information content (AvgIpc) is 3.19. The number of nitrogens with zero attached hydrogens (tertiary/aromatic N) is 4. The number of benzene rings is 1. The van der Waals surface area contributed by atoms with Crippen LogP contribution in [-0.2, 0) is 6.54 Å². The Bertz CT molecular complexity index is 983. The Morgan fingerprint density at radius 2 is 2.24 bits per heavy atom. The third-order valence-corrected chi connectivity index (χ3v) is 4.49. The number of methoxy groups -OCH3 is 1. The van der Waals surface area contributed by atoms with Crippen LogP contribution in [0.25, 0.3) is 16.2 Å². The summed E-state index contributed by atoms with van der Waals surface area (Å²) in [6.07, 6.45) is 5.35. The molecule has 4 rings (SSSR count). The number of pyridine rings is 1. The molecule has 0 radical (unpaired) electrons. The van der Waals surface area contributed by atoms with E-state index < -0.39 is 0 Å². The molecular weight excluding hydrogens is 341 g/mol. The standard InChI is InChI=1S/C17H14FN5OS/c1-24-14-6-11(5-13(18)7-14)8-20-16-22-23-10-15(21-17(23)25-16)12-3-2-4-19-9-12/h2-7,9-10H,8H2,1H3,(H,20,22). The van der Waals surface area contributed by atoms with E-state index in [0.29, 0.717) is 17.4 Å². The molecular formula is C17H14FN5OS. The van der Waals surface area contributed by atoms with E-state index in [2.05, 4.69) is 20.4 Å². The summed E-state index contributed by atoms with van der Waals surface area (Å²) in [5.74, 6) is 0.165. The summed E-state index contributed by atoms with van der Waals surface area (Å²) in [5, 5.41) is 8.35. The number of hydrogen-bond acceptors (Lipinski definition) is 6. The maximum Gasteiger partial charge on any atom is 0.214 e. The number of hydrogen-bond donors (Lipinski definition) is 1. The van der Waals surface area contributed by atoms with Crippen LogP contribution < -0.4 is 10.1 Å². The van der Waals surface area contributed by atoms with Gasteiger partial charge in [0.2, 0.25) is 10.1 Å². The molecule has 3 heterocycles. The number of halogens is 1. The van der Waals surface area contributed by atoms with Crippen LogP contribution in [0.4, 0.5) is 9.52 Å². The van der Waals surface area contributed by atoms with E-state index in [9.17, 15) is 4.39 Å². The molecule has 1 N–H and O–H groups in total. The second-order valence-electron chi connectivity index (χ2n) is 5.36. The first kappa shape index (κ1) is 15.5. The molecule has 126 valence electrons. The fourth-order valence-electron chi connectivity index (χ4n) is 2.44. The Kier molecular flexibility index (Phi) is 4.02. The van der Waals surface area contributed by atoms with Gasteiger partial charge in [-0.2, -0.15) is 0 Å². The maximum absolute atomic E-state index is 13.5. The van der Waals surface area contributed by atoms with Gasteiger partial charge in [-0.1, -0.05) is 11.3 Å². The average molecular weight is 355 g/mol. The van der Waals surface area contributed by atoms with Crippen LogP contribution in [0.2, 0.25) is 0 Å². The molecule has 0 bridgehead atoms. The van der Waals surface area contributed by atoms with Crippen molar-refractivity contribution in [3.8, 4) is 17.0 Å². The summed E-state index contributed by atoms with van der Waals surface area (Å²) >= 11 is 1.43. The van der Waals surface area contributed by atoms with Crippen LogP contribution in [0.3, 0.4) is 0 Å². The van der Waals surface area contributed by atoms with Crippen molar-refractivity contribution < 1.29 is 9.13 Å². The molecule has 6 nitrogen and oxygen atoms in total. The summed E-state index contributed by atoms with van der Waals surface area (Å²) in [7, 11) is 1.52. The molecule has 0 aliphatic heterocycles. The zero-order valence-corrected chi connectivity index (χ0v) is 14.1. The normalized spacial score (nSPS) is 11.0. The lowest BCUT2D eigenvalue weighted by molar-refractivity contribution is 0.410. The lowest BCUT2D eigenvalue weighted by Gasteiger charge is -2.05. The summed E-state index contributed by atoms with van der Waals surface area (Å²) in [5.41, 5.74) is 2.55. The fraction of sp³-hybridized carbons (Fsp3) is 0.118. The van der Waals surface area contributed by atoms with E-state index in [-0.39, 0.29) is 5.82 Å². The van der Waals surface area contributed by atoms with Crippen molar-refractivity contribution in [1.29, 1.82) is 0 Å². The molecule has 3 aromatic heterocycles. The van der Waals surface area contributed by atoms with Crippen molar-refractivity contribution in [2.45, 2.75) is 6.54 Å². The summed E-state index contributed by atoms with van der Waals surface area (Å²) in [6.45, 7) is 0.445. The number of nitrogens with one attached hydrogen (secondary N) is 1. The van der Waals surface area contributed by atoms with Gasteiger partial charge in [0.1, 0.15) is 11.6 Å². The quantitative estimate of drug-likeness (QED) is 0.592. The van der Waals surface area contributed by atoms with E-state index in [1.54, 1.807) is 23.0 Å². The molecule has 0 amide bonds. The first-order valence-corrected chi connectivity index (χ1v) is 8.37. The van der Waals surface area contributed by atoms with Gasteiger partial charge in [0.05, 0.1) is 19.0 Å². The van der Waals surface area contributed by atoms with Crippen molar-refractivity contribution >= 4 is 21.4 Å². The largest absolute Gasteiger partial charge is 0.497 e. The van der Waals surface area contributed by atoms with Crippen LogP contribution >= 0.6 is 11.3 Å². The van der Waals surface area contributed by atoms with Crippen LogP contribution in [-0.4, -0.2) is 26.7 Å². The SMILES string of the molecule is COc1cc(F)cc(CNc2nn3cc(-c4cccnc4)nc3s2)c1. The summed E-state index contributed by atoms with van der Waals surface area (Å²) < 4.78 is 20.3. The zero-order chi connectivity index (χ0) is 17.2. The second kappa shape index (κ2) is 6.48. The minimum atomic E-state index is -0.328. The van der Waals surface area contributed by atoms with E-state index >= 15 is 0 Å². The maximum atomic E-state index is 13.5. The summed E-state index contributed by atoms with van der Waals surface area (Å²) in [4.78, 5) is 9.43. The molecule has 0 saturated carbocycles. The van der Waals surface area contributed by atoms with E-state index in [1.165, 1.54) is 30.6 Å². The third kappa shape index (κ3) is 3.29. The van der Waals surface area contributed by atoms with Crippen molar-refractivity contribution in [1.82, 2.24) is 19.6 Å². The Labute approximate surface area is 146 Å². The van der Waals surface area contributed by atoms with Crippen LogP contribution in [0, 0.1) is 5.82 Å². The first-order chi connectivity index (χ1) is 12.2. The van der Waals surface area contributed by atoms with E-state index in [4.69, 9.17) is 4.74 Å². The van der Waals surface area contributed by atoms with Gasteiger partial charge in [0.15, 0.2) is 0 Å². The molecule has 0 unspecified atom stereocenters. The van der Waals surface area contributed by atoms with Crippen LogP contribution in [0.15, 0.2) is 48.9 Å². The van der Waals surface area contributed by atoms with E-state index in [0.717, 1.165) is 21.8 Å². The van der Waals surface area contributed by atoms with E-state index in [1.807, 2.05) is 18.3 Å². The summed E-state index contributed by atoms with van der Waals surface area (Å²) in [6, 6.07) is 8.43. The second-order valence-corrected chi connectivity index (χ2v) is 6.31.